The predicted molar refractivity (Wildman–Crippen MR) is 69.9 cm³/mol. The Hall–Kier alpha value is -1.34. The average Bonchev–Trinajstić information content (AvgIpc) is 2.34. The van der Waals surface area contributed by atoms with E-state index in [2.05, 4.69) is 17.1 Å². The summed E-state index contributed by atoms with van der Waals surface area (Å²) in [5.74, 6) is -1.23. The fraction of sp³-hybridized carbons (Fsp3) is 0.833. The maximum Gasteiger partial charge on any atom is 0.328 e. The summed E-state index contributed by atoms with van der Waals surface area (Å²) in [5, 5.41) is 20.6. The summed E-state index contributed by atoms with van der Waals surface area (Å²) < 4.78 is 0. The van der Waals surface area contributed by atoms with Gasteiger partial charge in [-0.1, -0.05) is 6.92 Å². The van der Waals surface area contributed by atoms with Crippen LogP contribution >= 0.6 is 0 Å². The van der Waals surface area contributed by atoms with Gasteiger partial charge in [0.2, 0.25) is 0 Å². The molecule has 0 aromatic rings. The number of amides is 2. The maximum absolute atomic E-state index is 12.0. The van der Waals surface area contributed by atoms with Crippen molar-refractivity contribution in [2.24, 2.45) is 0 Å². The van der Waals surface area contributed by atoms with E-state index < -0.39 is 24.1 Å². The van der Waals surface area contributed by atoms with Gasteiger partial charge in [-0.15, -0.1) is 0 Å². The smallest absolute Gasteiger partial charge is 0.328 e. The Morgan fingerprint density at radius 2 is 2.05 bits per heavy atom. The number of hydrogen-bond acceptors (Lipinski definition) is 4. The van der Waals surface area contributed by atoms with E-state index in [0.717, 1.165) is 13.1 Å². The van der Waals surface area contributed by atoms with E-state index in [1.807, 2.05) is 6.92 Å². The number of hydrogen-bond donors (Lipinski definition) is 3. The zero-order valence-electron chi connectivity index (χ0n) is 11.7. The zero-order valence-corrected chi connectivity index (χ0v) is 11.7. The van der Waals surface area contributed by atoms with Crippen LogP contribution < -0.4 is 5.32 Å². The molecule has 2 amide bonds. The standard InChI is InChI=1S/C12H23N3O4/c1-4-14-5-6-15(7-8(14)2)12(19)13-10(9(3)16)11(17)18/h8-10,16H,4-7H2,1-3H3,(H,13,19)(H,17,18)/t8?,9-,10+/m1/s1. The lowest BCUT2D eigenvalue weighted by molar-refractivity contribution is -0.141. The topological polar surface area (TPSA) is 93.1 Å². The normalized spacial score (nSPS) is 23.8. The van der Waals surface area contributed by atoms with Gasteiger partial charge in [0, 0.05) is 25.7 Å². The van der Waals surface area contributed by atoms with E-state index in [-0.39, 0.29) is 6.04 Å². The van der Waals surface area contributed by atoms with Gasteiger partial charge in [-0.25, -0.2) is 9.59 Å². The molecule has 0 aliphatic carbocycles. The molecule has 7 heteroatoms. The van der Waals surface area contributed by atoms with E-state index in [4.69, 9.17) is 5.11 Å². The minimum absolute atomic E-state index is 0.249. The van der Waals surface area contributed by atoms with Crippen molar-refractivity contribution in [1.82, 2.24) is 15.1 Å². The fourth-order valence-corrected chi connectivity index (χ4v) is 2.26. The number of aliphatic carboxylic acids is 1. The molecule has 1 unspecified atom stereocenters. The minimum atomic E-state index is -1.27. The first-order chi connectivity index (χ1) is 8.86. The molecule has 0 aromatic carbocycles. The summed E-state index contributed by atoms with van der Waals surface area (Å²) in [6.07, 6.45) is -1.13. The van der Waals surface area contributed by atoms with Gasteiger partial charge in [0.05, 0.1) is 6.10 Å². The molecule has 3 N–H and O–H groups in total. The van der Waals surface area contributed by atoms with Crippen molar-refractivity contribution in [2.45, 2.75) is 39.0 Å². The third kappa shape index (κ3) is 4.07. The average molecular weight is 273 g/mol. The minimum Gasteiger partial charge on any atom is -0.480 e. The molecule has 7 nitrogen and oxygen atoms in total. The Morgan fingerprint density at radius 1 is 1.42 bits per heavy atom. The number of likely N-dealkylation sites (N-methyl/N-ethyl adjacent to an activating group) is 1. The molecule has 1 heterocycles. The van der Waals surface area contributed by atoms with Crippen LogP contribution in [0.4, 0.5) is 4.79 Å². The molecule has 1 rings (SSSR count). The number of carbonyl (C=O) groups excluding carboxylic acids is 1. The van der Waals surface area contributed by atoms with Crippen molar-refractivity contribution in [3.05, 3.63) is 0 Å². The van der Waals surface area contributed by atoms with E-state index in [1.165, 1.54) is 6.92 Å². The van der Waals surface area contributed by atoms with Gasteiger partial charge in [0.25, 0.3) is 0 Å². The summed E-state index contributed by atoms with van der Waals surface area (Å²) >= 11 is 0. The Kier molecular flexibility index (Phi) is 5.56. The summed E-state index contributed by atoms with van der Waals surface area (Å²) in [6.45, 7) is 8.28. The van der Waals surface area contributed by atoms with E-state index in [1.54, 1.807) is 4.90 Å². The van der Waals surface area contributed by atoms with Gasteiger partial charge in [0.1, 0.15) is 0 Å². The number of carboxylic acid groups (broad SMARTS) is 1. The first-order valence-corrected chi connectivity index (χ1v) is 6.57. The number of urea groups is 1. The number of carbonyl (C=O) groups is 2. The van der Waals surface area contributed by atoms with Gasteiger partial charge in [-0.2, -0.15) is 0 Å². The van der Waals surface area contributed by atoms with Gasteiger partial charge >= 0.3 is 12.0 Å². The highest BCUT2D eigenvalue weighted by Gasteiger charge is 2.30. The van der Waals surface area contributed by atoms with Gasteiger partial charge in [0.15, 0.2) is 6.04 Å². The van der Waals surface area contributed by atoms with Gasteiger partial charge < -0.3 is 20.4 Å². The number of nitrogens with one attached hydrogen (secondary N) is 1. The third-order valence-electron chi connectivity index (χ3n) is 3.49. The summed E-state index contributed by atoms with van der Waals surface area (Å²) in [6, 6.07) is -1.46. The third-order valence-corrected chi connectivity index (χ3v) is 3.49. The van der Waals surface area contributed by atoms with Crippen LogP contribution in [0.15, 0.2) is 0 Å². The van der Waals surface area contributed by atoms with Crippen molar-refractivity contribution < 1.29 is 19.8 Å². The summed E-state index contributed by atoms with van der Waals surface area (Å²) in [7, 11) is 0. The Morgan fingerprint density at radius 3 is 2.47 bits per heavy atom. The van der Waals surface area contributed by atoms with Crippen LogP contribution in [0.1, 0.15) is 20.8 Å². The second-order valence-electron chi connectivity index (χ2n) is 4.93. The van der Waals surface area contributed by atoms with E-state index >= 15 is 0 Å². The molecule has 1 aliphatic rings. The van der Waals surface area contributed by atoms with Crippen molar-refractivity contribution in [2.75, 3.05) is 26.2 Å². The van der Waals surface area contributed by atoms with Gasteiger partial charge in [-0.3, -0.25) is 4.90 Å². The number of aliphatic hydroxyl groups is 1. The monoisotopic (exact) mass is 273 g/mol. The number of aliphatic hydroxyl groups excluding tert-OH is 1. The van der Waals surface area contributed by atoms with Crippen LogP contribution in [0, 0.1) is 0 Å². The summed E-state index contributed by atoms with van der Waals surface area (Å²) in [5.41, 5.74) is 0. The van der Waals surface area contributed by atoms with Crippen LogP contribution in [0.5, 0.6) is 0 Å². The first kappa shape index (κ1) is 15.7. The number of nitrogens with zero attached hydrogens (tertiary/aromatic N) is 2. The van der Waals surface area contributed by atoms with Crippen LogP contribution in [-0.4, -0.2) is 76.4 Å². The Bertz CT molecular complexity index is 335. The quantitative estimate of drug-likeness (QED) is 0.645. The Balaban J connectivity index is 2.57. The van der Waals surface area contributed by atoms with Gasteiger partial charge in [-0.05, 0) is 20.4 Å². The van der Waals surface area contributed by atoms with E-state index in [0.29, 0.717) is 13.1 Å². The number of carboxylic acids is 1. The second-order valence-corrected chi connectivity index (χ2v) is 4.93. The van der Waals surface area contributed by atoms with Crippen molar-refractivity contribution in [3.63, 3.8) is 0 Å². The molecular weight excluding hydrogens is 250 g/mol. The number of piperazine rings is 1. The van der Waals surface area contributed by atoms with E-state index in [9.17, 15) is 14.7 Å². The first-order valence-electron chi connectivity index (χ1n) is 6.57. The molecule has 3 atom stereocenters. The van der Waals surface area contributed by atoms with Crippen molar-refractivity contribution >= 4 is 12.0 Å². The molecule has 1 saturated heterocycles. The lowest BCUT2D eigenvalue weighted by Crippen LogP contribution is -2.58. The van der Waals surface area contributed by atoms with Crippen LogP contribution in [0.2, 0.25) is 0 Å². The molecule has 0 radical (unpaired) electrons. The zero-order chi connectivity index (χ0) is 14.6. The van der Waals surface area contributed by atoms with Crippen LogP contribution in [0.25, 0.3) is 0 Å². The highest BCUT2D eigenvalue weighted by atomic mass is 16.4. The highest BCUT2D eigenvalue weighted by Crippen LogP contribution is 2.09. The molecule has 0 spiro atoms. The molecule has 110 valence electrons. The Labute approximate surface area is 113 Å². The summed E-state index contributed by atoms with van der Waals surface area (Å²) in [4.78, 5) is 26.7. The molecular formula is C12H23N3O4. The lowest BCUT2D eigenvalue weighted by atomic mass is 10.2. The lowest BCUT2D eigenvalue weighted by Gasteiger charge is -2.39. The van der Waals surface area contributed by atoms with Crippen LogP contribution in [-0.2, 0) is 4.79 Å². The molecule has 1 fully saturated rings. The molecule has 0 aromatic heterocycles. The highest BCUT2D eigenvalue weighted by molar-refractivity contribution is 5.83. The maximum atomic E-state index is 12.0. The molecule has 1 aliphatic heterocycles. The molecule has 19 heavy (non-hydrogen) atoms. The second kappa shape index (κ2) is 6.72. The van der Waals surface area contributed by atoms with Crippen LogP contribution in [0.3, 0.4) is 0 Å². The SMILES string of the molecule is CCN1CCN(C(=O)N[C@H](C(=O)O)[C@@H](C)O)CC1C. The molecule has 0 saturated carbocycles. The number of rotatable bonds is 4. The van der Waals surface area contributed by atoms with Crippen molar-refractivity contribution in [3.8, 4) is 0 Å². The fourth-order valence-electron chi connectivity index (χ4n) is 2.26. The predicted octanol–water partition coefficient (Wildman–Crippen LogP) is -0.444. The van der Waals surface area contributed by atoms with Crippen molar-refractivity contribution in [1.29, 1.82) is 0 Å². The largest absolute Gasteiger partial charge is 0.480 e. The molecule has 0 bridgehead atoms.